The maximum absolute atomic E-state index is 4.62. The van der Waals surface area contributed by atoms with Gasteiger partial charge in [-0.2, -0.15) is 4.98 Å². The molecule has 19 heavy (non-hydrogen) atoms. The fourth-order valence-electron chi connectivity index (χ4n) is 2.40. The van der Waals surface area contributed by atoms with Crippen LogP contribution in [0.2, 0.25) is 0 Å². The molecule has 0 amide bonds. The molecule has 1 N–H and O–H groups in total. The summed E-state index contributed by atoms with van der Waals surface area (Å²) >= 11 is 0. The molecule has 0 spiro atoms. The topological polar surface area (TPSA) is 41.1 Å². The number of piperidine rings is 1. The molecule has 1 aliphatic rings. The summed E-state index contributed by atoms with van der Waals surface area (Å²) in [6, 6.07) is 1.96. The van der Waals surface area contributed by atoms with Gasteiger partial charge >= 0.3 is 0 Å². The summed E-state index contributed by atoms with van der Waals surface area (Å²) in [7, 11) is 0. The molecule has 106 valence electrons. The largest absolute Gasteiger partial charge is 0.370 e. The van der Waals surface area contributed by atoms with E-state index < -0.39 is 0 Å². The van der Waals surface area contributed by atoms with E-state index in [2.05, 4.69) is 34.0 Å². The van der Waals surface area contributed by atoms with Crippen LogP contribution in [0.5, 0.6) is 0 Å². The third-order valence-electron chi connectivity index (χ3n) is 3.80. The van der Waals surface area contributed by atoms with Crippen molar-refractivity contribution in [3.8, 4) is 0 Å². The van der Waals surface area contributed by atoms with Crippen LogP contribution < -0.4 is 10.2 Å². The predicted octanol–water partition coefficient (Wildman–Crippen LogP) is 3.32. The zero-order valence-electron chi connectivity index (χ0n) is 12.2. The molecule has 2 rings (SSSR count). The summed E-state index contributed by atoms with van der Waals surface area (Å²) in [5.74, 6) is 2.68. The first-order valence-electron chi connectivity index (χ1n) is 7.61. The molecule has 0 saturated carbocycles. The predicted molar refractivity (Wildman–Crippen MR) is 80.7 cm³/mol. The lowest BCUT2D eigenvalue weighted by Gasteiger charge is -2.30. The highest BCUT2D eigenvalue weighted by molar-refractivity contribution is 5.41. The average molecular weight is 262 g/mol. The van der Waals surface area contributed by atoms with Crippen LogP contribution in [0.15, 0.2) is 12.3 Å². The maximum atomic E-state index is 4.62. The Labute approximate surface area is 116 Å². The smallest absolute Gasteiger partial charge is 0.227 e. The van der Waals surface area contributed by atoms with E-state index in [4.69, 9.17) is 0 Å². The second kappa shape index (κ2) is 7.31. The van der Waals surface area contributed by atoms with Crippen LogP contribution in [0.1, 0.15) is 46.0 Å². The number of nitrogens with one attached hydrogen (secondary N) is 1. The number of hydrogen-bond acceptors (Lipinski definition) is 4. The number of rotatable bonds is 6. The molecule has 4 nitrogen and oxygen atoms in total. The van der Waals surface area contributed by atoms with Gasteiger partial charge in [-0.1, -0.05) is 26.7 Å². The van der Waals surface area contributed by atoms with Crippen LogP contribution in [-0.2, 0) is 0 Å². The van der Waals surface area contributed by atoms with Crippen molar-refractivity contribution < 1.29 is 0 Å². The molecule has 0 atom stereocenters. The highest BCUT2D eigenvalue weighted by Crippen LogP contribution is 2.20. The third kappa shape index (κ3) is 4.37. The molecule has 1 aliphatic heterocycles. The van der Waals surface area contributed by atoms with Crippen molar-refractivity contribution in [1.82, 2.24) is 9.97 Å². The molecule has 4 heteroatoms. The zero-order chi connectivity index (χ0) is 13.5. The lowest BCUT2D eigenvalue weighted by Crippen LogP contribution is -2.34. The van der Waals surface area contributed by atoms with Gasteiger partial charge in [0, 0.05) is 25.8 Å². The molecular weight excluding hydrogens is 236 g/mol. The van der Waals surface area contributed by atoms with E-state index in [9.17, 15) is 0 Å². The molecule has 1 aromatic rings. The van der Waals surface area contributed by atoms with Gasteiger partial charge < -0.3 is 10.2 Å². The lowest BCUT2D eigenvalue weighted by molar-refractivity contribution is 0.434. The second-order valence-corrected chi connectivity index (χ2v) is 5.55. The van der Waals surface area contributed by atoms with Gasteiger partial charge in [0.2, 0.25) is 5.95 Å². The zero-order valence-corrected chi connectivity index (χ0v) is 12.2. The molecule has 1 fully saturated rings. The summed E-state index contributed by atoms with van der Waals surface area (Å²) < 4.78 is 0. The molecule has 0 aromatic carbocycles. The Morgan fingerprint density at radius 1 is 1.32 bits per heavy atom. The van der Waals surface area contributed by atoms with Crippen molar-refractivity contribution in [2.24, 2.45) is 5.92 Å². The van der Waals surface area contributed by atoms with Gasteiger partial charge in [0.15, 0.2) is 0 Å². The fourth-order valence-corrected chi connectivity index (χ4v) is 2.40. The van der Waals surface area contributed by atoms with Crippen molar-refractivity contribution in [3.63, 3.8) is 0 Å². The quantitative estimate of drug-likeness (QED) is 0.799. The Hall–Kier alpha value is -1.32. The number of hydrogen-bond donors (Lipinski definition) is 1. The third-order valence-corrected chi connectivity index (χ3v) is 3.80. The summed E-state index contributed by atoms with van der Waals surface area (Å²) in [6.45, 7) is 7.71. The molecule has 2 heterocycles. The van der Waals surface area contributed by atoms with Gasteiger partial charge in [0.05, 0.1) is 0 Å². The summed E-state index contributed by atoms with van der Waals surface area (Å²) in [6.07, 6.45) is 8.09. The number of unbranched alkanes of at least 4 members (excludes halogenated alkanes) is 2. The van der Waals surface area contributed by atoms with Crippen LogP contribution in [0, 0.1) is 5.92 Å². The minimum absolute atomic E-state index is 0.839. The van der Waals surface area contributed by atoms with Gasteiger partial charge in [-0.15, -0.1) is 0 Å². The van der Waals surface area contributed by atoms with Crippen LogP contribution in [-0.4, -0.2) is 29.6 Å². The fraction of sp³-hybridized carbons (Fsp3) is 0.733. The minimum atomic E-state index is 0.839. The van der Waals surface area contributed by atoms with Crippen LogP contribution in [0.3, 0.4) is 0 Å². The van der Waals surface area contributed by atoms with Crippen LogP contribution >= 0.6 is 0 Å². The van der Waals surface area contributed by atoms with Gasteiger partial charge in [-0.3, -0.25) is 0 Å². The van der Waals surface area contributed by atoms with Crippen LogP contribution in [0.25, 0.3) is 0 Å². The van der Waals surface area contributed by atoms with E-state index in [1.807, 2.05) is 12.3 Å². The van der Waals surface area contributed by atoms with Gasteiger partial charge in [-0.25, -0.2) is 4.98 Å². The molecule has 1 aromatic heterocycles. The molecule has 0 radical (unpaired) electrons. The maximum Gasteiger partial charge on any atom is 0.227 e. The molecule has 0 bridgehead atoms. The van der Waals surface area contributed by atoms with E-state index in [1.165, 1.54) is 32.1 Å². The normalized spacial score (nSPS) is 16.6. The number of nitrogens with zero attached hydrogens (tertiary/aromatic N) is 3. The van der Waals surface area contributed by atoms with E-state index in [0.717, 1.165) is 37.3 Å². The molecule has 1 saturated heterocycles. The Balaban J connectivity index is 1.87. The second-order valence-electron chi connectivity index (χ2n) is 5.55. The SMILES string of the molecule is CCCCCNc1ccnc(N2CCC(C)CC2)n1. The van der Waals surface area contributed by atoms with Crippen molar-refractivity contribution in [3.05, 3.63) is 12.3 Å². The molecular formula is C15H26N4. The van der Waals surface area contributed by atoms with Crippen LogP contribution in [0.4, 0.5) is 11.8 Å². The highest BCUT2D eigenvalue weighted by Gasteiger charge is 2.17. The van der Waals surface area contributed by atoms with Crippen molar-refractivity contribution in [1.29, 1.82) is 0 Å². The first-order valence-corrected chi connectivity index (χ1v) is 7.61. The van der Waals surface area contributed by atoms with E-state index in [-0.39, 0.29) is 0 Å². The summed E-state index contributed by atoms with van der Waals surface area (Å²) in [5.41, 5.74) is 0. The minimum Gasteiger partial charge on any atom is -0.370 e. The first-order chi connectivity index (χ1) is 9.29. The van der Waals surface area contributed by atoms with Gasteiger partial charge in [0.25, 0.3) is 0 Å². The Morgan fingerprint density at radius 2 is 2.11 bits per heavy atom. The summed E-state index contributed by atoms with van der Waals surface area (Å²) in [4.78, 5) is 11.3. The molecule has 0 aliphatic carbocycles. The van der Waals surface area contributed by atoms with Crippen molar-refractivity contribution in [2.45, 2.75) is 46.0 Å². The molecule has 0 unspecified atom stereocenters. The van der Waals surface area contributed by atoms with Gasteiger partial charge in [-0.05, 0) is 31.2 Å². The lowest BCUT2D eigenvalue weighted by atomic mass is 10.00. The number of anilines is 2. The van der Waals surface area contributed by atoms with E-state index >= 15 is 0 Å². The Bertz CT molecular complexity index is 372. The Morgan fingerprint density at radius 3 is 2.84 bits per heavy atom. The van der Waals surface area contributed by atoms with Gasteiger partial charge in [0.1, 0.15) is 5.82 Å². The highest BCUT2D eigenvalue weighted by atomic mass is 15.3. The summed E-state index contributed by atoms with van der Waals surface area (Å²) in [5, 5.41) is 3.39. The average Bonchev–Trinajstić information content (AvgIpc) is 2.45. The van der Waals surface area contributed by atoms with E-state index in [0.29, 0.717) is 0 Å². The van der Waals surface area contributed by atoms with E-state index in [1.54, 1.807) is 0 Å². The van der Waals surface area contributed by atoms with Crippen molar-refractivity contribution in [2.75, 3.05) is 29.9 Å². The Kier molecular flexibility index (Phi) is 5.43. The standard InChI is InChI=1S/C15H26N4/c1-3-4-5-9-16-14-6-10-17-15(18-14)19-11-7-13(2)8-12-19/h6,10,13H,3-5,7-9,11-12H2,1-2H3,(H,16,17,18). The van der Waals surface area contributed by atoms with Crippen molar-refractivity contribution >= 4 is 11.8 Å². The first kappa shape index (κ1) is 14.1. The number of aromatic nitrogens is 2. The monoisotopic (exact) mass is 262 g/mol.